The first-order valence-corrected chi connectivity index (χ1v) is 7.15. The first kappa shape index (κ1) is 14.5. The highest BCUT2D eigenvalue weighted by Crippen LogP contribution is 2.28. The smallest absolute Gasteiger partial charge is 0.251 e. The van der Waals surface area contributed by atoms with Crippen molar-refractivity contribution in [2.24, 2.45) is 0 Å². The number of amides is 1. The van der Waals surface area contributed by atoms with Crippen molar-refractivity contribution in [3.63, 3.8) is 0 Å². The maximum absolute atomic E-state index is 11.9. The van der Waals surface area contributed by atoms with Gasteiger partial charge >= 0.3 is 0 Å². The van der Waals surface area contributed by atoms with Crippen LogP contribution in [0.4, 0.5) is 5.69 Å². The predicted molar refractivity (Wildman–Crippen MR) is 76.2 cm³/mol. The molecule has 3 nitrogen and oxygen atoms in total. The normalized spacial score (nSPS) is 12.2. The Morgan fingerprint density at radius 3 is 2.47 bits per heavy atom. The highest BCUT2D eigenvalue weighted by molar-refractivity contribution is 7.98. The van der Waals surface area contributed by atoms with Crippen molar-refractivity contribution in [2.45, 2.75) is 13.0 Å². The molecule has 0 radical (unpaired) electrons. The molecular weight excluding hydrogens is 279 g/mol. The molecule has 0 spiro atoms. The molecule has 0 aliphatic heterocycles. The molecular formula is C11H14Cl2N2OS. The Balaban J connectivity index is 2.83. The summed E-state index contributed by atoms with van der Waals surface area (Å²) in [5.41, 5.74) is 6.31. The van der Waals surface area contributed by atoms with Crippen LogP contribution in [0.3, 0.4) is 0 Å². The van der Waals surface area contributed by atoms with Crippen LogP contribution in [0.1, 0.15) is 17.3 Å². The third-order valence-corrected chi connectivity index (χ3v) is 3.59. The van der Waals surface area contributed by atoms with E-state index in [2.05, 4.69) is 5.32 Å². The molecule has 1 aromatic carbocycles. The van der Waals surface area contributed by atoms with Gasteiger partial charge in [-0.25, -0.2) is 0 Å². The molecule has 1 rings (SSSR count). The molecule has 0 bridgehead atoms. The fraction of sp³-hybridized carbons (Fsp3) is 0.364. The van der Waals surface area contributed by atoms with E-state index < -0.39 is 0 Å². The van der Waals surface area contributed by atoms with Crippen LogP contribution in [0.25, 0.3) is 0 Å². The average molecular weight is 293 g/mol. The van der Waals surface area contributed by atoms with E-state index in [1.54, 1.807) is 11.8 Å². The largest absolute Gasteiger partial charge is 0.396 e. The molecule has 6 heteroatoms. The van der Waals surface area contributed by atoms with Gasteiger partial charge in [0.25, 0.3) is 5.91 Å². The number of nitrogens with two attached hydrogens (primary N) is 1. The number of halogens is 2. The summed E-state index contributed by atoms with van der Waals surface area (Å²) in [6.45, 7) is 1.94. The van der Waals surface area contributed by atoms with E-state index in [1.165, 1.54) is 12.1 Å². The predicted octanol–water partition coefficient (Wildman–Crippen LogP) is 3.06. The fourth-order valence-corrected chi connectivity index (χ4v) is 2.38. The van der Waals surface area contributed by atoms with Crippen molar-refractivity contribution < 1.29 is 4.79 Å². The maximum Gasteiger partial charge on any atom is 0.251 e. The fourth-order valence-electron chi connectivity index (χ4n) is 1.31. The van der Waals surface area contributed by atoms with Gasteiger partial charge in [0, 0.05) is 17.4 Å². The average Bonchev–Trinajstić information content (AvgIpc) is 2.25. The first-order valence-electron chi connectivity index (χ1n) is 5.00. The number of rotatable bonds is 4. The summed E-state index contributed by atoms with van der Waals surface area (Å²) in [5.74, 6) is 0.651. The summed E-state index contributed by atoms with van der Waals surface area (Å²) in [5, 5.41) is 3.44. The Morgan fingerprint density at radius 2 is 2.00 bits per heavy atom. The van der Waals surface area contributed by atoms with Gasteiger partial charge in [0.05, 0.1) is 15.7 Å². The van der Waals surface area contributed by atoms with Crippen molar-refractivity contribution in [3.05, 3.63) is 27.7 Å². The number of hydrogen-bond acceptors (Lipinski definition) is 3. The number of carbonyl (C=O) groups is 1. The number of nitrogen functional groups attached to an aromatic ring is 1. The van der Waals surface area contributed by atoms with Crippen LogP contribution >= 0.6 is 35.0 Å². The van der Waals surface area contributed by atoms with Crippen LogP contribution in [-0.2, 0) is 0 Å². The minimum absolute atomic E-state index is 0.0904. The molecule has 94 valence electrons. The van der Waals surface area contributed by atoms with Gasteiger partial charge in [-0.05, 0) is 25.3 Å². The highest BCUT2D eigenvalue weighted by Gasteiger charge is 2.13. The molecule has 0 aliphatic carbocycles. The lowest BCUT2D eigenvalue weighted by atomic mass is 10.2. The molecule has 0 saturated heterocycles. The van der Waals surface area contributed by atoms with Gasteiger partial charge in [0.15, 0.2) is 0 Å². The number of anilines is 1. The van der Waals surface area contributed by atoms with E-state index in [0.717, 1.165) is 5.75 Å². The Hall–Kier alpha value is -0.580. The molecule has 0 saturated carbocycles. The standard InChI is InChI=1S/C11H14Cl2N2OS/c1-6(5-17-2)15-11(16)7-3-8(12)10(14)9(13)4-7/h3-4,6H,5,14H2,1-2H3,(H,15,16). The van der Waals surface area contributed by atoms with E-state index in [0.29, 0.717) is 21.3 Å². The molecule has 1 atom stereocenters. The minimum Gasteiger partial charge on any atom is -0.396 e. The zero-order valence-electron chi connectivity index (χ0n) is 9.59. The van der Waals surface area contributed by atoms with E-state index in [4.69, 9.17) is 28.9 Å². The summed E-state index contributed by atoms with van der Waals surface area (Å²) in [7, 11) is 0. The van der Waals surface area contributed by atoms with Gasteiger partial charge in [0.1, 0.15) is 0 Å². The Kier molecular flexibility index (Phi) is 5.43. The van der Waals surface area contributed by atoms with Crippen LogP contribution in [0, 0.1) is 0 Å². The summed E-state index contributed by atoms with van der Waals surface area (Å²) in [6, 6.07) is 3.13. The summed E-state index contributed by atoms with van der Waals surface area (Å²) in [6.07, 6.45) is 1.99. The van der Waals surface area contributed by atoms with Crippen LogP contribution in [0.2, 0.25) is 10.0 Å². The second-order valence-corrected chi connectivity index (χ2v) is 5.41. The highest BCUT2D eigenvalue weighted by atomic mass is 35.5. The van der Waals surface area contributed by atoms with Gasteiger partial charge < -0.3 is 11.1 Å². The molecule has 3 N–H and O–H groups in total. The molecule has 17 heavy (non-hydrogen) atoms. The van der Waals surface area contributed by atoms with Crippen molar-refractivity contribution in [1.82, 2.24) is 5.32 Å². The number of thioether (sulfide) groups is 1. The van der Waals surface area contributed by atoms with Crippen LogP contribution in [0.15, 0.2) is 12.1 Å². The Labute approximate surface area is 115 Å². The molecule has 1 unspecified atom stereocenters. The van der Waals surface area contributed by atoms with Gasteiger partial charge in [-0.1, -0.05) is 23.2 Å². The quantitative estimate of drug-likeness (QED) is 0.839. The lowest BCUT2D eigenvalue weighted by Crippen LogP contribution is -2.34. The SMILES string of the molecule is CSCC(C)NC(=O)c1cc(Cl)c(N)c(Cl)c1. The van der Waals surface area contributed by atoms with Crippen LogP contribution < -0.4 is 11.1 Å². The molecule has 0 fully saturated rings. The van der Waals surface area contributed by atoms with E-state index in [-0.39, 0.29) is 11.9 Å². The van der Waals surface area contributed by atoms with Gasteiger partial charge in [-0.2, -0.15) is 11.8 Å². The molecule has 1 aromatic rings. The van der Waals surface area contributed by atoms with Crippen LogP contribution in [0.5, 0.6) is 0 Å². The zero-order chi connectivity index (χ0) is 13.0. The number of nitrogens with one attached hydrogen (secondary N) is 1. The number of benzene rings is 1. The van der Waals surface area contributed by atoms with Gasteiger partial charge in [-0.15, -0.1) is 0 Å². The van der Waals surface area contributed by atoms with E-state index in [9.17, 15) is 4.79 Å². The van der Waals surface area contributed by atoms with Crippen LogP contribution in [-0.4, -0.2) is 24.0 Å². The van der Waals surface area contributed by atoms with E-state index in [1.807, 2.05) is 13.2 Å². The number of carbonyl (C=O) groups excluding carboxylic acids is 1. The summed E-state index contributed by atoms with van der Waals surface area (Å²) >= 11 is 13.4. The van der Waals surface area contributed by atoms with Crippen molar-refractivity contribution >= 4 is 46.6 Å². The van der Waals surface area contributed by atoms with Gasteiger partial charge in [-0.3, -0.25) is 4.79 Å². The zero-order valence-corrected chi connectivity index (χ0v) is 11.9. The third-order valence-electron chi connectivity index (χ3n) is 2.14. The van der Waals surface area contributed by atoms with Gasteiger partial charge in [0.2, 0.25) is 0 Å². The summed E-state index contributed by atoms with van der Waals surface area (Å²) in [4.78, 5) is 11.9. The Morgan fingerprint density at radius 1 is 1.47 bits per heavy atom. The molecule has 1 amide bonds. The first-order chi connectivity index (χ1) is 7.95. The van der Waals surface area contributed by atoms with Crippen molar-refractivity contribution in [3.8, 4) is 0 Å². The minimum atomic E-state index is -0.199. The molecule has 0 aliphatic rings. The lowest BCUT2D eigenvalue weighted by Gasteiger charge is -2.13. The van der Waals surface area contributed by atoms with Crippen molar-refractivity contribution in [1.29, 1.82) is 0 Å². The number of hydrogen-bond donors (Lipinski definition) is 2. The van der Waals surface area contributed by atoms with Crippen molar-refractivity contribution in [2.75, 3.05) is 17.7 Å². The Bertz CT molecular complexity index is 403. The maximum atomic E-state index is 11.9. The monoisotopic (exact) mass is 292 g/mol. The topological polar surface area (TPSA) is 55.1 Å². The third kappa shape index (κ3) is 3.98. The lowest BCUT2D eigenvalue weighted by molar-refractivity contribution is 0.0944. The molecule has 0 heterocycles. The second-order valence-electron chi connectivity index (χ2n) is 3.68. The summed E-state index contributed by atoms with van der Waals surface area (Å²) < 4.78 is 0. The second kappa shape index (κ2) is 6.38. The van der Waals surface area contributed by atoms with E-state index >= 15 is 0 Å². The molecule has 0 aromatic heterocycles.